The maximum Gasteiger partial charge on any atom is 0.200 e. The Kier molecular flexibility index (Phi) is 6.29. The van der Waals surface area contributed by atoms with Crippen molar-refractivity contribution < 1.29 is 12.8 Å². The number of para-hydroxylation sites is 2. The van der Waals surface area contributed by atoms with Crippen molar-refractivity contribution in [2.75, 3.05) is 36.0 Å². The van der Waals surface area contributed by atoms with Gasteiger partial charge in [-0.25, -0.2) is 22.8 Å². The highest BCUT2D eigenvalue weighted by molar-refractivity contribution is 7.92. The largest absolute Gasteiger partial charge is 0.368 e. The van der Waals surface area contributed by atoms with Crippen LogP contribution in [0.4, 0.5) is 15.9 Å². The first-order valence-electron chi connectivity index (χ1n) is 11.6. The second-order valence-electron chi connectivity index (χ2n) is 8.74. The van der Waals surface area contributed by atoms with Crippen molar-refractivity contribution in [2.45, 2.75) is 17.1 Å². The number of aromatic nitrogens is 2. The fourth-order valence-corrected chi connectivity index (χ4v) is 5.76. The summed E-state index contributed by atoms with van der Waals surface area (Å²) in [4.78, 5) is 13.6. The summed E-state index contributed by atoms with van der Waals surface area (Å²) in [5, 5.41) is 8.57. The van der Waals surface area contributed by atoms with Crippen LogP contribution >= 0.6 is 0 Å². The molecule has 3 aromatic carbocycles. The molecule has 0 radical (unpaired) electrons. The minimum atomic E-state index is -4.04. The lowest BCUT2D eigenvalue weighted by Crippen LogP contribution is -2.47. The van der Waals surface area contributed by atoms with E-state index in [-0.39, 0.29) is 16.4 Å². The Balaban J connectivity index is 1.53. The molecule has 1 aromatic heterocycles. The van der Waals surface area contributed by atoms with Crippen LogP contribution in [0.25, 0.3) is 11.0 Å². The van der Waals surface area contributed by atoms with Crippen LogP contribution in [-0.2, 0) is 9.84 Å². The van der Waals surface area contributed by atoms with Gasteiger partial charge in [-0.15, -0.1) is 0 Å². The molecule has 1 saturated heterocycles. The third-order valence-electron chi connectivity index (χ3n) is 6.37. The molecule has 0 spiro atoms. The standard InChI is InChI=1S/C27H24FN5O2S/c1-19-6-12-22(13-7-19)36(34,35)25(18-29)26-27(31-24-5-3-2-4-23(24)30-26)33-16-14-32(15-17-33)21-10-8-20(28)9-11-21/h2-13,25H,14-17H2,1H3/t25-/m0/s1. The highest BCUT2D eigenvalue weighted by Gasteiger charge is 2.35. The maximum absolute atomic E-state index is 13.6. The third-order valence-corrected chi connectivity index (χ3v) is 8.25. The van der Waals surface area contributed by atoms with Crippen LogP contribution in [0.3, 0.4) is 0 Å². The van der Waals surface area contributed by atoms with E-state index in [4.69, 9.17) is 4.98 Å². The monoisotopic (exact) mass is 501 g/mol. The number of hydrogen-bond acceptors (Lipinski definition) is 7. The molecule has 1 aliphatic heterocycles. The van der Waals surface area contributed by atoms with Crippen LogP contribution in [0.2, 0.25) is 0 Å². The lowest BCUT2D eigenvalue weighted by Gasteiger charge is -2.37. The predicted molar refractivity (Wildman–Crippen MR) is 137 cm³/mol. The van der Waals surface area contributed by atoms with E-state index in [9.17, 15) is 18.1 Å². The molecule has 1 atom stereocenters. The highest BCUT2D eigenvalue weighted by atomic mass is 32.2. The van der Waals surface area contributed by atoms with Gasteiger partial charge >= 0.3 is 0 Å². The highest BCUT2D eigenvalue weighted by Crippen LogP contribution is 2.34. The number of benzene rings is 3. The lowest BCUT2D eigenvalue weighted by atomic mass is 10.2. The molecule has 2 heterocycles. The fourth-order valence-electron chi connectivity index (χ4n) is 4.38. The number of sulfone groups is 1. The molecule has 5 rings (SSSR count). The average Bonchev–Trinajstić information content (AvgIpc) is 2.89. The van der Waals surface area contributed by atoms with Crippen molar-refractivity contribution in [3.05, 3.63) is 89.9 Å². The van der Waals surface area contributed by atoms with Crippen molar-refractivity contribution in [3.8, 4) is 6.07 Å². The van der Waals surface area contributed by atoms with Gasteiger partial charge in [0.1, 0.15) is 11.5 Å². The molecule has 36 heavy (non-hydrogen) atoms. The molecule has 1 fully saturated rings. The summed E-state index contributed by atoms with van der Waals surface area (Å²) in [6.07, 6.45) is 0. The number of aryl methyl sites for hydroxylation is 1. The normalized spacial score (nSPS) is 15.0. The SMILES string of the molecule is Cc1ccc(S(=O)(=O)[C@@H](C#N)c2nc3ccccc3nc2N2CCN(c3ccc(F)cc3)CC2)cc1. The number of hydrogen-bond donors (Lipinski definition) is 0. The van der Waals surface area contributed by atoms with Gasteiger partial charge in [0.2, 0.25) is 9.84 Å². The number of nitrogens with zero attached hydrogens (tertiary/aromatic N) is 5. The van der Waals surface area contributed by atoms with Gasteiger partial charge < -0.3 is 9.80 Å². The Labute approximate surface area is 209 Å². The summed E-state index contributed by atoms with van der Waals surface area (Å²) in [5.41, 5.74) is 3.12. The van der Waals surface area contributed by atoms with E-state index in [1.165, 1.54) is 24.3 Å². The van der Waals surface area contributed by atoms with Gasteiger partial charge in [-0.05, 0) is 55.5 Å². The van der Waals surface area contributed by atoms with Gasteiger partial charge in [0, 0.05) is 31.9 Å². The predicted octanol–water partition coefficient (Wildman–Crippen LogP) is 4.44. The lowest BCUT2D eigenvalue weighted by molar-refractivity contribution is 0.589. The molecule has 0 aliphatic carbocycles. The summed E-state index contributed by atoms with van der Waals surface area (Å²) in [6.45, 7) is 4.21. The summed E-state index contributed by atoms with van der Waals surface area (Å²) in [5.74, 6) is 0.112. The van der Waals surface area contributed by atoms with Gasteiger partial charge in [0.15, 0.2) is 11.1 Å². The van der Waals surface area contributed by atoms with E-state index in [1.807, 2.05) is 30.0 Å². The van der Waals surface area contributed by atoms with Crippen molar-refractivity contribution in [3.63, 3.8) is 0 Å². The number of piperazine rings is 1. The molecule has 182 valence electrons. The second kappa shape index (κ2) is 9.55. The van der Waals surface area contributed by atoms with E-state index in [2.05, 4.69) is 9.88 Å². The first kappa shape index (κ1) is 23.7. The van der Waals surface area contributed by atoms with Crippen LogP contribution in [0.1, 0.15) is 16.5 Å². The van der Waals surface area contributed by atoms with E-state index < -0.39 is 15.1 Å². The summed E-state index contributed by atoms with van der Waals surface area (Å²) >= 11 is 0. The van der Waals surface area contributed by atoms with Crippen LogP contribution < -0.4 is 9.80 Å². The van der Waals surface area contributed by atoms with E-state index in [0.29, 0.717) is 43.0 Å². The molecule has 7 nitrogen and oxygen atoms in total. The molecule has 0 unspecified atom stereocenters. The quantitative estimate of drug-likeness (QED) is 0.399. The molecule has 0 saturated carbocycles. The molecular formula is C27H24FN5O2S. The summed E-state index contributed by atoms with van der Waals surface area (Å²) < 4.78 is 40.5. The van der Waals surface area contributed by atoms with Crippen molar-refractivity contribution in [1.29, 1.82) is 5.26 Å². The maximum atomic E-state index is 13.6. The van der Waals surface area contributed by atoms with Crippen molar-refractivity contribution in [1.82, 2.24) is 9.97 Å². The fraction of sp³-hybridized carbons (Fsp3) is 0.222. The average molecular weight is 502 g/mol. The van der Waals surface area contributed by atoms with Crippen molar-refractivity contribution in [2.24, 2.45) is 0 Å². The minimum Gasteiger partial charge on any atom is -0.368 e. The van der Waals surface area contributed by atoms with Gasteiger partial charge in [-0.3, -0.25) is 0 Å². The molecule has 1 aliphatic rings. The number of halogens is 1. The van der Waals surface area contributed by atoms with E-state index in [0.717, 1.165) is 11.3 Å². The zero-order chi connectivity index (χ0) is 25.3. The van der Waals surface area contributed by atoms with Crippen LogP contribution in [0, 0.1) is 24.1 Å². The molecule has 9 heteroatoms. The topological polar surface area (TPSA) is 90.2 Å². The van der Waals surface area contributed by atoms with Crippen LogP contribution in [0.15, 0.2) is 77.7 Å². The zero-order valence-corrected chi connectivity index (χ0v) is 20.5. The summed E-state index contributed by atoms with van der Waals surface area (Å²) in [6, 6.07) is 22.0. The first-order chi connectivity index (χ1) is 17.4. The smallest absolute Gasteiger partial charge is 0.200 e. The summed E-state index contributed by atoms with van der Waals surface area (Å²) in [7, 11) is -4.04. The molecule has 0 N–H and O–H groups in total. The number of nitriles is 1. The number of anilines is 2. The molecule has 4 aromatic rings. The molecule has 0 bridgehead atoms. The van der Waals surface area contributed by atoms with Gasteiger partial charge in [0.25, 0.3) is 0 Å². The third kappa shape index (κ3) is 4.48. The Morgan fingerprint density at radius 2 is 1.44 bits per heavy atom. The molecule has 0 amide bonds. The van der Waals surface area contributed by atoms with Gasteiger partial charge in [-0.2, -0.15) is 5.26 Å². The minimum absolute atomic E-state index is 0.0710. The zero-order valence-electron chi connectivity index (χ0n) is 19.7. The number of rotatable bonds is 5. The number of fused-ring (bicyclic) bond motifs is 1. The Hall–Kier alpha value is -4.03. The van der Waals surface area contributed by atoms with E-state index in [1.54, 1.807) is 36.4 Å². The Morgan fingerprint density at radius 3 is 2.06 bits per heavy atom. The Morgan fingerprint density at radius 1 is 0.861 bits per heavy atom. The van der Waals surface area contributed by atoms with Gasteiger partial charge in [-0.1, -0.05) is 29.8 Å². The first-order valence-corrected chi connectivity index (χ1v) is 13.1. The van der Waals surface area contributed by atoms with Crippen LogP contribution in [-0.4, -0.2) is 44.6 Å². The van der Waals surface area contributed by atoms with Crippen molar-refractivity contribution >= 4 is 32.4 Å². The van der Waals surface area contributed by atoms with Crippen LogP contribution in [0.5, 0.6) is 0 Å². The second-order valence-corrected chi connectivity index (χ2v) is 10.8. The Bertz CT molecular complexity index is 1540. The molecular weight excluding hydrogens is 477 g/mol. The van der Waals surface area contributed by atoms with Gasteiger partial charge in [0.05, 0.1) is 22.0 Å². The van der Waals surface area contributed by atoms with E-state index >= 15 is 0 Å².